The maximum Gasteiger partial charge on any atom is 0.160 e. The highest BCUT2D eigenvalue weighted by Crippen LogP contribution is 2.45. The molecular formula is C55H37N3. The number of aromatic nitrogens is 1. The van der Waals surface area contributed by atoms with E-state index in [9.17, 15) is 0 Å². The van der Waals surface area contributed by atoms with Crippen LogP contribution in [0.15, 0.2) is 198 Å². The number of allylic oxidation sites excluding steroid dienone is 1. The van der Waals surface area contributed by atoms with Gasteiger partial charge in [-0.2, -0.15) is 0 Å². The zero-order chi connectivity index (χ0) is 38.3. The molecule has 3 heterocycles. The highest BCUT2D eigenvalue weighted by atomic mass is 14.9. The summed E-state index contributed by atoms with van der Waals surface area (Å²) in [6, 6.07) is 66.1. The van der Waals surface area contributed by atoms with Gasteiger partial charge in [0.15, 0.2) is 5.84 Å². The van der Waals surface area contributed by atoms with Gasteiger partial charge in [0, 0.05) is 44.2 Å². The first-order chi connectivity index (χ1) is 28.7. The van der Waals surface area contributed by atoms with Gasteiger partial charge >= 0.3 is 0 Å². The molecule has 1 atom stereocenters. The molecule has 0 amide bonds. The molecule has 0 saturated heterocycles. The average Bonchev–Trinajstić information content (AvgIpc) is 3.81. The van der Waals surface area contributed by atoms with E-state index in [2.05, 4.69) is 199 Å². The molecule has 12 rings (SSSR count). The molecule has 0 fully saturated rings. The number of para-hydroxylation sites is 3. The number of nitrogens with zero attached hydrogens (tertiary/aromatic N) is 3. The summed E-state index contributed by atoms with van der Waals surface area (Å²) in [4.78, 5) is 11.1. The third kappa shape index (κ3) is 4.86. The monoisotopic (exact) mass is 739 g/mol. The van der Waals surface area contributed by atoms with Gasteiger partial charge in [-0.05, 0) is 68.1 Å². The third-order valence-corrected chi connectivity index (χ3v) is 12.4. The molecule has 3 nitrogen and oxygen atoms in total. The largest absolute Gasteiger partial charge is 0.307 e. The minimum Gasteiger partial charge on any atom is -0.307 e. The molecule has 0 bridgehead atoms. The van der Waals surface area contributed by atoms with Crippen LogP contribution in [0.4, 0.5) is 0 Å². The average molecular weight is 740 g/mol. The van der Waals surface area contributed by atoms with Crippen molar-refractivity contribution in [2.45, 2.75) is 13.3 Å². The van der Waals surface area contributed by atoms with Crippen LogP contribution in [-0.2, 0) is 0 Å². The molecule has 0 aliphatic carbocycles. The topological polar surface area (TPSA) is 29.1 Å². The van der Waals surface area contributed by atoms with Gasteiger partial charge in [0.25, 0.3) is 0 Å². The standard InChI is InChI=1S/C55H37N3/c1-34-30-31-50(35-16-4-2-5-17-35)56-55(36-18-6-3-7-19-36)57-52(34)49-33-47-40-23-11-9-21-38(40)37-20-8-10-22-39(37)46(47)32-48(49)45-28-15-27-44-43-26-14-25-42-41-24-12-13-29-51(41)58(53(42)43)54(44)45/h2-29,31-34H,30H2,1H3/b50-31+,56-55?,57-52?. The summed E-state index contributed by atoms with van der Waals surface area (Å²) < 4.78 is 2.52. The number of fused-ring (bicyclic) bond motifs is 12. The molecule has 0 N–H and O–H groups in total. The summed E-state index contributed by atoms with van der Waals surface area (Å²) in [6.07, 6.45) is 3.10. The van der Waals surface area contributed by atoms with Crippen molar-refractivity contribution in [2.75, 3.05) is 0 Å². The Kier molecular flexibility index (Phi) is 7.27. The van der Waals surface area contributed by atoms with E-state index in [1.807, 2.05) is 0 Å². The summed E-state index contributed by atoms with van der Waals surface area (Å²) >= 11 is 0. The van der Waals surface area contributed by atoms with Crippen LogP contribution in [0.3, 0.4) is 0 Å². The lowest BCUT2D eigenvalue weighted by Gasteiger charge is -2.22. The van der Waals surface area contributed by atoms with E-state index in [1.54, 1.807) is 0 Å². The fourth-order valence-electron chi connectivity index (χ4n) is 9.72. The number of rotatable bonds is 4. The molecule has 272 valence electrons. The summed E-state index contributed by atoms with van der Waals surface area (Å²) in [5, 5.41) is 12.6. The molecule has 58 heavy (non-hydrogen) atoms. The predicted molar refractivity (Wildman–Crippen MR) is 247 cm³/mol. The molecule has 0 saturated carbocycles. The van der Waals surface area contributed by atoms with Crippen LogP contribution in [-0.4, -0.2) is 15.9 Å². The van der Waals surface area contributed by atoms with Crippen LogP contribution >= 0.6 is 0 Å². The van der Waals surface area contributed by atoms with Gasteiger partial charge in [0.05, 0.1) is 28.0 Å². The molecule has 1 aliphatic rings. The first-order valence-electron chi connectivity index (χ1n) is 20.2. The highest BCUT2D eigenvalue weighted by Gasteiger charge is 2.26. The van der Waals surface area contributed by atoms with E-state index in [0.29, 0.717) is 0 Å². The number of hydrogen-bond acceptors (Lipinski definition) is 2. The molecule has 9 aromatic carbocycles. The maximum atomic E-state index is 5.70. The fraction of sp³-hybridized carbons (Fsp3) is 0.0545. The van der Waals surface area contributed by atoms with Gasteiger partial charge < -0.3 is 4.40 Å². The lowest BCUT2D eigenvalue weighted by atomic mass is 9.84. The van der Waals surface area contributed by atoms with E-state index in [-0.39, 0.29) is 5.92 Å². The minimum absolute atomic E-state index is 0.0870. The fourth-order valence-corrected chi connectivity index (χ4v) is 9.72. The van der Waals surface area contributed by atoms with Gasteiger partial charge in [-0.1, -0.05) is 177 Å². The summed E-state index contributed by atoms with van der Waals surface area (Å²) in [5.41, 5.74) is 11.3. The Morgan fingerprint density at radius 2 is 0.914 bits per heavy atom. The Hall–Kier alpha value is -7.36. The number of benzene rings is 9. The second-order valence-corrected chi connectivity index (χ2v) is 15.7. The highest BCUT2D eigenvalue weighted by molar-refractivity contribution is 6.30. The second-order valence-electron chi connectivity index (χ2n) is 15.7. The smallest absolute Gasteiger partial charge is 0.160 e. The molecule has 0 radical (unpaired) electrons. The van der Waals surface area contributed by atoms with E-state index in [4.69, 9.17) is 9.98 Å². The van der Waals surface area contributed by atoms with Crippen molar-refractivity contribution in [1.82, 2.24) is 4.40 Å². The lowest BCUT2D eigenvalue weighted by molar-refractivity contribution is 0.791. The van der Waals surface area contributed by atoms with Crippen LogP contribution in [0.5, 0.6) is 0 Å². The van der Waals surface area contributed by atoms with E-state index in [0.717, 1.165) is 40.4 Å². The van der Waals surface area contributed by atoms with Crippen molar-refractivity contribution < 1.29 is 0 Å². The van der Waals surface area contributed by atoms with Crippen molar-refractivity contribution in [1.29, 1.82) is 0 Å². The number of hydrogen-bond donors (Lipinski definition) is 0. The normalized spacial score (nSPS) is 15.9. The summed E-state index contributed by atoms with van der Waals surface area (Å²) in [6.45, 7) is 2.33. The van der Waals surface area contributed by atoms with Crippen LogP contribution in [0.1, 0.15) is 30.0 Å². The van der Waals surface area contributed by atoms with Gasteiger partial charge in [-0.25, -0.2) is 9.98 Å². The van der Waals surface area contributed by atoms with Gasteiger partial charge in [-0.15, -0.1) is 0 Å². The zero-order valence-electron chi connectivity index (χ0n) is 32.0. The Bertz CT molecular complexity index is 3530. The lowest BCUT2D eigenvalue weighted by Crippen LogP contribution is -2.18. The molecular weight excluding hydrogens is 703 g/mol. The molecule has 11 aromatic rings. The zero-order valence-corrected chi connectivity index (χ0v) is 32.0. The molecule has 1 unspecified atom stereocenters. The molecule has 2 aromatic heterocycles. The molecule has 0 spiro atoms. The van der Waals surface area contributed by atoms with Gasteiger partial charge in [0.1, 0.15) is 0 Å². The molecule has 1 aliphatic heterocycles. The van der Waals surface area contributed by atoms with Gasteiger partial charge in [-0.3, -0.25) is 0 Å². The Balaban J connectivity index is 1.23. The quantitative estimate of drug-likeness (QED) is 0.161. The first-order valence-corrected chi connectivity index (χ1v) is 20.2. The van der Waals surface area contributed by atoms with Crippen LogP contribution in [0, 0.1) is 5.92 Å². The molecule has 3 heteroatoms. The number of amidine groups is 1. The van der Waals surface area contributed by atoms with Crippen molar-refractivity contribution in [2.24, 2.45) is 15.9 Å². The van der Waals surface area contributed by atoms with Crippen molar-refractivity contribution >= 4 is 87.7 Å². The maximum absolute atomic E-state index is 5.70. The Morgan fingerprint density at radius 1 is 0.414 bits per heavy atom. The SMILES string of the molecule is CC1C/C=C(\c2ccccc2)N=C(c2ccccc2)N=C1c1cc2c3ccccc3c3ccccc3c2cc1-c1cccc2c3cccc4c5ccccc5n(c12)c43. The summed E-state index contributed by atoms with van der Waals surface area (Å²) in [5.74, 6) is 0.805. The van der Waals surface area contributed by atoms with E-state index in [1.165, 1.54) is 81.5 Å². The van der Waals surface area contributed by atoms with Gasteiger partial charge in [0.2, 0.25) is 0 Å². The van der Waals surface area contributed by atoms with Crippen LogP contribution < -0.4 is 0 Å². The Labute approximate surface area is 335 Å². The third-order valence-electron chi connectivity index (χ3n) is 12.4. The van der Waals surface area contributed by atoms with Crippen LogP contribution in [0.2, 0.25) is 0 Å². The number of aliphatic imine (C=N–C) groups is 2. The first kappa shape index (κ1) is 32.8. The predicted octanol–water partition coefficient (Wildman–Crippen LogP) is 14.3. The van der Waals surface area contributed by atoms with Crippen molar-refractivity contribution in [3.63, 3.8) is 0 Å². The minimum atomic E-state index is 0.0870. The van der Waals surface area contributed by atoms with E-state index >= 15 is 0 Å². The van der Waals surface area contributed by atoms with Crippen LogP contribution in [0.25, 0.3) is 87.2 Å². The van der Waals surface area contributed by atoms with Crippen molar-refractivity contribution in [3.8, 4) is 11.1 Å². The summed E-state index contributed by atoms with van der Waals surface area (Å²) in [7, 11) is 0. The van der Waals surface area contributed by atoms with Crippen molar-refractivity contribution in [3.05, 3.63) is 205 Å². The van der Waals surface area contributed by atoms with E-state index < -0.39 is 0 Å². The Morgan fingerprint density at radius 3 is 1.59 bits per heavy atom. The second kappa shape index (κ2) is 12.8.